The second kappa shape index (κ2) is 2.65. The third-order valence-corrected chi connectivity index (χ3v) is 1.24. The molecule has 0 saturated heterocycles. The first-order valence-electron chi connectivity index (χ1n) is 3.00. The SMILES string of the molecule is Cc1cc[c]c(CN)c1. The van der Waals surface area contributed by atoms with E-state index in [9.17, 15) is 0 Å². The maximum Gasteiger partial charge on any atom is 0.0184 e. The van der Waals surface area contributed by atoms with Crippen molar-refractivity contribution in [3.63, 3.8) is 0 Å². The van der Waals surface area contributed by atoms with E-state index in [-0.39, 0.29) is 0 Å². The lowest BCUT2D eigenvalue weighted by Gasteiger charge is -1.94. The molecule has 1 radical (unpaired) electrons. The predicted molar refractivity (Wildman–Crippen MR) is 37.9 cm³/mol. The highest BCUT2D eigenvalue weighted by Crippen LogP contribution is 2.00. The van der Waals surface area contributed by atoms with E-state index in [4.69, 9.17) is 5.73 Å². The molecule has 1 nitrogen and oxygen atoms in total. The summed E-state index contributed by atoms with van der Waals surface area (Å²) in [4.78, 5) is 0. The summed E-state index contributed by atoms with van der Waals surface area (Å²) in [5.41, 5.74) is 7.71. The van der Waals surface area contributed by atoms with Gasteiger partial charge < -0.3 is 5.73 Å². The van der Waals surface area contributed by atoms with Crippen molar-refractivity contribution in [1.82, 2.24) is 0 Å². The van der Waals surface area contributed by atoms with Crippen molar-refractivity contribution in [2.45, 2.75) is 13.5 Å². The average molecular weight is 120 g/mol. The van der Waals surface area contributed by atoms with Gasteiger partial charge >= 0.3 is 0 Å². The first kappa shape index (κ1) is 6.30. The molecule has 0 aliphatic carbocycles. The second-order valence-corrected chi connectivity index (χ2v) is 2.10. The Balaban J connectivity index is 2.94. The van der Waals surface area contributed by atoms with Gasteiger partial charge in [-0.05, 0) is 18.6 Å². The van der Waals surface area contributed by atoms with E-state index >= 15 is 0 Å². The molecule has 0 fully saturated rings. The van der Waals surface area contributed by atoms with E-state index in [0.29, 0.717) is 6.54 Å². The summed E-state index contributed by atoms with van der Waals surface area (Å²) in [6, 6.07) is 8.99. The fourth-order valence-corrected chi connectivity index (χ4v) is 0.763. The number of hydrogen-bond acceptors (Lipinski definition) is 1. The highest BCUT2D eigenvalue weighted by molar-refractivity contribution is 5.20. The minimum absolute atomic E-state index is 0.585. The molecular weight excluding hydrogens is 110 g/mol. The lowest BCUT2D eigenvalue weighted by molar-refractivity contribution is 1.06. The minimum atomic E-state index is 0.585. The summed E-state index contributed by atoms with van der Waals surface area (Å²) < 4.78 is 0. The summed E-state index contributed by atoms with van der Waals surface area (Å²) in [6.45, 7) is 2.63. The average Bonchev–Trinajstić information content (AvgIpc) is 1.88. The number of aryl methyl sites for hydroxylation is 1. The fourth-order valence-electron chi connectivity index (χ4n) is 0.763. The Morgan fingerprint density at radius 3 is 2.89 bits per heavy atom. The van der Waals surface area contributed by atoms with Gasteiger partial charge in [-0.1, -0.05) is 23.8 Å². The van der Waals surface area contributed by atoms with Crippen LogP contribution >= 0.6 is 0 Å². The third kappa shape index (κ3) is 1.54. The van der Waals surface area contributed by atoms with Crippen LogP contribution in [0.2, 0.25) is 0 Å². The summed E-state index contributed by atoms with van der Waals surface area (Å²) in [5, 5.41) is 0. The van der Waals surface area contributed by atoms with Gasteiger partial charge in [0.05, 0.1) is 0 Å². The molecule has 0 spiro atoms. The molecule has 0 heterocycles. The standard InChI is InChI=1S/C8H10N/c1-7-3-2-4-8(5-7)6-9/h2-3,5H,6,9H2,1H3. The first-order valence-corrected chi connectivity index (χ1v) is 3.00. The highest BCUT2D eigenvalue weighted by atomic mass is 14.5. The van der Waals surface area contributed by atoms with Crippen molar-refractivity contribution in [1.29, 1.82) is 0 Å². The zero-order chi connectivity index (χ0) is 6.69. The Bertz CT molecular complexity index is 194. The molecule has 2 N–H and O–H groups in total. The van der Waals surface area contributed by atoms with Crippen LogP contribution in [0.15, 0.2) is 18.2 Å². The fraction of sp³-hybridized carbons (Fsp3) is 0.250. The van der Waals surface area contributed by atoms with Crippen LogP contribution in [0.4, 0.5) is 0 Å². The van der Waals surface area contributed by atoms with E-state index < -0.39 is 0 Å². The van der Waals surface area contributed by atoms with Crippen molar-refractivity contribution < 1.29 is 0 Å². The molecule has 1 heteroatoms. The molecular formula is C8H10N. The van der Waals surface area contributed by atoms with E-state index in [1.165, 1.54) is 5.56 Å². The largest absolute Gasteiger partial charge is 0.326 e. The maximum absolute atomic E-state index is 5.39. The summed E-state index contributed by atoms with van der Waals surface area (Å²) in [5.74, 6) is 0. The van der Waals surface area contributed by atoms with Crippen LogP contribution in [0.3, 0.4) is 0 Å². The lowest BCUT2D eigenvalue weighted by atomic mass is 10.1. The van der Waals surface area contributed by atoms with E-state index in [0.717, 1.165) is 5.56 Å². The van der Waals surface area contributed by atoms with Crippen molar-refractivity contribution >= 4 is 0 Å². The van der Waals surface area contributed by atoms with Crippen molar-refractivity contribution in [3.8, 4) is 0 Å². The molecule has 1 rings (SSSR count). The van der Waals surface area contributed by atoms with E-state index in [1.807, 2.05) is 25.1 Å². The summed E-state index contributed by atoms with van der Waals surface area (Å²) >= 11 is 0. The van der Waals surface area contributed by atoms with Gasteiger partial charge in [-0.25, -0.2) is 0 Å². The maximum atomic E-state index is 5.39. The van der Waals surface area contributed by atoms with E-state index in [2.05, 4.69) is 6.07 Å². The summed E-state index contributed by atoms with van der Waals surface area (Å²) in [6.07, 6.45) is 0. The second-order valence-electron chi connectivity index (χ2n) is 2.10. The molecule has 1 aromatic rings. The highest BCUT2D eigenvalue weighted by Gasteiger charge is 1.86. The monoisotopic (exact) mass is 120 g/mol. The molecule has 0 aliphatic heterocycles. The Morgan fingerprint density at radius 1 is 1.67 bits per heavy atom. The van der Waals surface area contributed by atoms with Gasteiger partial charge in [0, 0.05) is 6.54 Å². The van der Waals surface area contributed by atoms with Gasteiger partial charge in [0.1, 0.15) is 0 Å². The normalized spacial score (nSPS) is 9.56. The number of benzene rings is 1. The number of hydrogen-bond donors (Lipinski definition) is 1. The molecule has 9 heavy (non-hydrogen) atoms. The van der Waals surface area contributed by atoms with Crippen LogP contribution in [-0.2, 0) is 6.54 Å². The van der Waals surface area contributed by atoms with Crippen LogP contribution in [0, 0.1) is 13.0 Å². The Labute approximate surface area is 55.5 Å². The van der Waals surface area contributed by atoms with Gasteiger partial charge in [0.25, 0.3) is 0 Å². The quantitative estimate of drug-likeness (QED) is 0.593. The molecule has 0 aliphatic rings. The summed E-state index contributed by atoms with van der Waals surface area (Å²) in [7, 11) is 0. The number of nitrogens with two attached hydrogens (primary N) is 1. The van der Waals surface area contributed by atoms with Crippen LogP contribution < -0.4 is 5.73 Å². The Hall–Kier alpha value is -0.820. The molecule has 0 saturated carbocycles. The molecule has 0 atom stereocenters. The van der Waals surface area contributed by atoms with Crippen LogP contribution in [0.25, 0.3) is 0 Å². The topological polar surface area (TPSA) is 26.0 Å². The van der Waals surface area contributed by atoms with Gasteiger partial charge in [-0.3, -0.25) is 0 Å². The molecule has 47 valence electrons. The molecule has 1 aromatic carbocycles. The molecule has 0 unspecified atom stereocenters. The lowest BCUT2D eigenvalue weighted by Crippen LogP contribution is -1.95. The van der Waals surface area contributed by atoms with Crippen LogP contribution in [0.5, 0.6) is 0 Å². The third-order valence-electron chi connectivity index (χ3n) is 1.24. The Morgan fingerprint density at radius 2 is 2.44 bits per heavy atom. The van der Waals surface area contributed by atoms with Gasteiger partial charge in [0.2, 0.25) is 0 Å². The predicted octanol–water partition coefficient (Wildman–Crippen LogP) is 1.25. The van der Waals surface area contributed by atoms with E-state index in [1.54, 1.807) is 0 Å². The van der Waals surface area contributed by atoms with Crippen molar-refractivity contribution in [2.24, 2.45) is 5.73 Å². The zero-order valence-corrected chi connectivity index (χ0v) is 5.52. The molecule has 0 aromatic heterocycles. The Kier molecular flexibility index (Phi) is 1.85. The van der Waals surface area contributed by atoms with Crippen LogP contribution in [-0.4, -0.2) is 0 Å². The van der Waals surface area contributed by atoms with Gasteiger partial charge in [0.15, 0.2) is 0 Å². The van der Waals surface area contributed by atoms with Crippen molar-refractivity contribution in [3.05, 3.63) is 35.4 Å². The zero-order valence-electron chi connectivity index (χ0n) is 5.52. The van der Waals surface area contributed by atoms with Crippen LogP contribution in [0.1, 0.15) is 11.1 Å². The van der Waals surface area contributed by atoms with Gasteiger partial charge in [-0.15, -0.1) is 0 Å². The van der Waals surface area contributed by atoms with Gasteiger partial charge in [-0.2, -0.15) is 0 Å². The first-order chi connectivity index (χ1) is 4.33. The molecule has 0 bridgehead atoms. The number of rotatable bonds is 1. The van der Waals surface area contributed by atoms with Crippen molar-refractivity contribution in [2.75, 3.05) is 0 Å². The minimum Gasteiger partial charge on any atom is -0.326 e. The molecule has 0 amide bonds. The smallest absolute Gasteiger partial charge is 0.0184 e.